The third-order valence-corrected chi connectivity index (χ3v) is 2.67. The Labute approximate surface area is 79.8 Å². The van der Waals surface area contributed by atoms with Gasteiger partial charge in [0.05, 0.1) is 0 Å². The quantitative estimate of drug-likeness (QED) is 0.654. The molecule has 1 rings (SSSR count). The molecule has 0 spiro atoms. The molecule has 74 valence electrons. The number of carbonyl (C=O) groups is 1. The molecule has 1 amide bonds. The second-order valence-electron chi connectivity index (χ2n) is 3.84. The van der Waals surface area contributed by atoms with Gasteiger partial charge in [0.2, 0.25) is 5.91 Å². The van der Waals surface area contributed by atoms with E-state index < -0.39 is 0 Å². The second kappa shape index (κ2) is 4.42. The van der Waals surface area contributed by atoms with Gasteiger partial charge in [-0.25, -0.2) is 0 Å². The minimum atomic E-state index is -0.0515. The molecule has 0 aromatic heterocycles. The lowest BCUT2D eigenvalue weighted by Gasteiger charge is -2.18. The summed E-state index contributed by atoms with van der Waals surface area (Å²) < 4.78 is 0. The zero-order valence-electron chi connectivity index (χ0n) is 8.42. The van der Waals surface area contributed by atoms with Crippen molar-refractivity contribution in [3.8, 4) is 0 Å². The number of hydrogen-bond donors (Lipinski definition) is 1. The lowest BCUT2D eigenvalue weighted by Crippen LogP contribution is -2.33. The van der Waals surface area contributed by atoms with Gasteiger partial charge in [0.25, 0.3) is 0 Å². The van der Waals surface area contributed by atoms with Crippen molar-refractivity contribution in [3.63, 3.8) is 0 Å². The van der Waals surface area contributed by atoms with E-state index in [1.807, 2.05) is 0 Å². The van der Waals surface area contributed by atoms with Crippen molar-refractivity contribution in [2.24, 2.45) is 0 Å². The Hall–Kier alpha value is -0.830. The molecule has 0 radical (unpaired) electrons. The van der Waals surface area contributed by atoms with Crippen molar-refractivity contribution in [3.05, 3.63) is 12.7 Å². The van der Waals surface area contributed by atoms with Gasteiger partial charge in [0.1, 0.15) is 0 Å². The van der Waals surface area contributed by atoms with Gasteiger partial charge in [-0.05, 0) is 39.4 Å². The first kappa shape index (κ1) is 10.3. The Morgan fingerprint density at radius 2 is 2.23 bits per heavy atom. The molecule has 0 saturated heterocycles. The van der Waals surface area contributed by atoms with Gasteiger partial charge >= 0.3 is 0 Å². The van der Waals surface area contributed by atoms with Crippen LogP contribution in [0.2, 0.25) is 0 Å². The fourth-order valence-electron chi connectivity index (χ4n) is 1.82. The Morgan fingerprint density at radius 1 is 1.54 bits per heavy atom. The van der Waals surface area contributed by atoms with E-state index in [1.165, 1.54) is 12.5 Å². The number of rotatable bonds is 3. The lowest BCUT2D eigenvalue weighted by molar-refractivity contribution is -0.117. The van der Waals surface area contributed by atoms with Gasteiger partial charge in [-0.1, -0.05) is 6.58 Å². The van der Waals surface area contributed by atoms with Crippen LogP contribution in [-0.4, -0.2) is 37.0 Å². The smallest absolute Gasteiger partial charge is 0.243 e. The van der Waals surface area contributed by atoms with Crippen molar-refractivity contribution in [1.82, 2.24) is 10.2 Å². The van der Waals surface area contributed by atoms with Crippen LogP contribution < -0.4 is 5.32 Å². The van der Waals surface area contributed by atoms with Crippen molar-refractivity contribution in [1.29, 1.82) is 0 Å². The van der Waals surface area contributed by atoms with Crippen LogP contribution in [0.5, 0.6) is 0 Å². The largest absolute Gasteiger partial charge is 0.350 e. The van der Waals surface area contributed by atoms with E-state index in [0.717, 1.165) is 12.8 Å². The highest BCUT2D eigenvalue weighted by Gasteiger charge is 2.26. The summed E-state index contributed by atoms with van der Waals surface area (Å²) in [5.74, 6) is -0.0515. The highest BCUT2D eigenvalue weighted by atomic mass is 16.1. The van der Waals surface area contributed by atoms with E-state index in [0.29, 0.717) is 12.1 Å². The summed E-state index contributed by atoms with van der Waals surface area (Å²) in [5, 5.41) is 2.93. The molecular weight excluding hydrogens is 164 g/mol. The Bertz CT molecular complexity index is 201. The van der Waals surface area contributed by atoms with Crippen LogP contribution in [0, 0.1) is 0 Å². The van der Waals surface area contributed by atoms with E-state index in [-0.39, 0.29) is 5.91 Å². The first-order valence-corrected chi connectivity index (χ1v) is 4.73. The van der Waals surface area contributed by atoms with Crippen molar-refractivity contribution >= 4 is 5.91 Å². The molecule has 0 heterocycles. The van der Waals surface area contributed by atoms with E-state index in [4.69, 9.17) is 0 Å². The van der Waals surface area contributed by atoms with Crippen LogP contribution in [0.1, 0.15) is 19.3 Å². The summed E-state index contributed by atoms with van der Waals surface area (Å²) in [6.45, 7) is 3.43. The van der Waals surface area contributed by atoms with Gasteiger partial charge in [-0.3, -0.25) is 4.79 Å². The lowest BCUT2D eigenvalue weighted by atomic mass is 10.2. The molecule has 1 saturated carbocycles. The second-order valence-corrected chi connectivity index (χ2v) is 3.84. The minimum absolute atomic E-state index is 0.0515. The maximum absolute atomic E-state index is 11.0. The molecule has 3 nitrogen and oxygen atoms in total. The third kappa shape index (κ3) is 2.84. The summed E-state index contributed by atoms with van der Waals surface area (Å²) >= 11 is 0. The fraction of sp³-hybridized carbons (Fsp3) is 0.700. The topological polar surface area (TPSA) is 32.3 Å². The molecule has 1 N–H and O–H groups in total. The van der Waals surface area contributed by atoms with Crippen molar-refractivity contribution < 1.29 is 4.79 Å². The normalized spacial score (nSPS) is 27.6. The van der Waals surface area contributed by atoms with Crippen LogP contribution in [0.15, 0.2) is 12.7 Å². The number of hydrogen-bond acceptors (Lipinski definition) is 2. The van der Waals surface area contributed by atoms with Crippen LogP contribution in [-0.2, 0) is 4.79 Å². The van der Waals surface area contributed by atoms with E-state index in [2.05, 4.69) is 30.9 Å². The third-order valence-electron chi connectivity index (χ3n) is 2.67. The Balaban J connectivity index is 2.33. The highest BCUT2D eigenvalue weighted by Crippen LogP contribution is 2.22. The van der Waals surface area contributed by atoms with Crippen LogP contribution in [0.25, 0.3) is 0 Å². The van der Waals surface area contributed by atoms with Crippen molar-refractivity contribution in [2.45, 2.75) is 31.3 Å². The van der Waals surface area contributed by atoms with Gasteiger partial charge in [0.15, 0.2) is 0 Å². The maximum Gasteiger partial charge on any atom is 0.243 e. The molecule has 1 aliphatic carbocycles. The summed E-state index contributed by atoms with van der Waals surface area (Å²) in [5.41, 5.74) is 0. The molecule has 0 aromatic rings. The van der Waals surface area contributed by atoms with Gasteiger partial charge in [-0.15, -0.1) is 0 Å². The standard InChI is InChI=1S/C10H18N2O/c1-4-10(13)11-8-5-6-9(7-8)12(2)3/h4,8-9H,1,5-7H2,2-3H3,(H,11,13)/t8?,9-/m0/s1. The van der Waals surface area contributed by atoms with Gasteiger partial charge in [0, 0.05) is 12.1 Å². The molecule has 1 aliphatic rings. The van der Waals surface area contributed by atoms with E-state index >= 15 is 0 Å². The number of nitrogens with zero attached hydrogens (tertiary/aromatic N) is 1. The molecule has 2 atom stereocenters. The summed E-state index contributed by atoms with van der Waals surface area (Å²) in [4.78, 5) is 13.2. The van der Waals surface area contributed by atoms with E-state index in [9.17, 15) is 4.79 Å². The predicted octanol–water partition coefficient (Wildman–Crippen LogP) is 0.771. The molecule has 1 unspecified atom stereocenters. The average Bonchev–Trinajstić information content (AvgIpc) is 2.52. The number of carbonyl (C=O) groups excluding carboxylic acids is 1. The molecule has 1 fully saturated rings. The van der Waals surface area contributed by atoms with Gasteiger partial charge in [-0.2, -0.15) is 0 Å². The van der Waals surface area contributed by atoms with Crippen LogP contribution in [0.3, 0.4) is 0 Å². The first-order valence-electron chi connectivity index (χ1n) is 4.73. The summed E-state index contributed by atoms with van der Waals surface area (Å²) in [7, 11) is 4.17. The zero-order valence-corrected chi connectivity index (χ0v) is 8.42. The molecule has 3 heteroatoms. The van der Waals surface area contributed by atoms with Crippen molar-refractivity contribution in [2.75, 3.05) is 14.1 Å². The van der Waals surface area contributed by atoms with Gasteiger partial charge < -0.3 is 10.2 Å². The molecule has 0 bridgehead atoms. The van der Waals surface area contributed by atoms with Crippen LogP contribution >= 0.6 is 0 Å². The maximum atomic E-state index is 11.0. The minimum Gasteiger partial charge on any atom is -0.350 e. The molecule has 0 aromatic carbocycles. The fourth-order valence-corrected chi connectivity index (χ4v) is 1.82. The average molecular weight is 182 g/mol. The molecular formula is C10H18N2O. The molecule has 13 heavy (non-hydrogen) atoms. The summed E-state index contributed by atoms with van der Waals surface area (Å²) in [6, 6.07) is 0.966. The number of amides is 1. The first-order chi connectivity index (χ1) is 6.13. The SMILES string of the molecule is C=CC(=O)NC1CC[C@H](N(C)C)C1. The zero-order chi connectivity index (χ0) is 9.84. The summed E-state index contributed by atoms with van der Waals surface area (Å²) in [6.07, 6.45) is 4.66. The Morgan fingerprint density at radius 3 is 2.69 bits per heavy atom. The van der Waals surface area contributed by atoms with E-state index in [1.54, 1.807) is 0 Å². The Kier molecular flexibility index (Phi) is 3.48. The highest BCUT2D eigenvalue weighted by molar-refractivity contribution is 5.87. The molecule has 0 aliphatic heterocycles. The predicted molar refractivity (Wildman–Crippen MR) is 53.5 cm³/mol. The number of nitrogens with one attached hydrogen (secondary N) is 1. The van der Waals surface area contributed by atoms with Crippen LogP contribution in [0.4, 0.5) is 0 Å². The monoisotopic (exact) mass is 182 g/mol.